The van der Waals surface area contributed by atoms with Crippen LogP contribution in [-0.2, 0) is 15.0 Å². The van der Waals surface area contributed by atoms with E-state index in [1.54, 1.807) is 6.07 Å². The first-order chi connectivity index (χ1) is 16.4. The van der Waals surface area contributed by atoms with E-state index < -0.39 is 11.4 Å². The van der Waals surface area contributed by atoms with Gasteiger partial charge in [-0.25, -0.2) is 0 Å². The third kappa shape index (κ3) is 2.55. The molecule has 2 N–H and O–H groups in total. The summed E-state index contributed by atoms with van der Waals surface area (Å²) in [7, 11) is 0. The van der Waals surface area contributed by atoms with Crippen LogP contribution in [0.15, 0.2) is 17.7 Å². The van der Waals surface area contributed by atoms with Crippen LogP contribution in [0.4, 0.5) is 0 Å². The lowest BCUT2D eigenvalue weighted by Gasteiger charge is -2.69. The van der Waals surface area contributed by atoms with E-state index in [0.717, 1.165) is 55.7 Å². The van der Waals surface area contributed by atoms with Crippen molar-refractivity contribution in [2.75, 3.05) is 0 Å². The summed E-state index contributed by atoms with van der Waals surface area (Å²) in [6.45, 7) is 14.0. The number of fused-ring (bicyclic) bond motifs is 8. The van der Waals surface area contributed by atoms with Gasteiger partial charge in [-0.3, -0.25) is 9.59 Å². The molecule has 5 heteroatoms. The maximum Gasteiger partial charge on any atom is 0.309 e. The second-order valence-electron chi connectivity index (χ2n) is 13.2. The van der Waals surface area contributed by atoms with Crippen molar-refractivity contribution in [1.29, 1.82) is 0 Å². The van der Waals surface area contributed by atoms with Crippen LogP contribution in [0.3, 0.4) is 0 Å². The lowest BCUT2D eigenvalue weighted by Crippen LogP contribution is -2.62. The molecule has 7 atom stereocenters. The lowest BCUT2D eigenvalue weighted by molar-refractivity contribution is -0.165. The molecule has 1 aromatic carbocycles. The summed E-state index contributed by atoms with van der Waals surface area (Å²) in [6.07, 6.45) is 11.2. The van der Waals surface area contributed by atoms with Gasteiger partial charge in [-0.1, -0.05) is 52.0 Å². The molecule has 0 radical (unpaired) electrons. The Kier molecular flexibility index (Phi) is 4.31. The molecule has 0 bridgehead atoms. The summed E-state index contributed by atoms with van der Waals surface area (Å²) >= 11 is 0. The molecular weight excluding hydrogens is 440 g/mol. The quantitative estimate of drug-likeness (QED) is 0.631. The summed E-state index contributed by atoms with van der Waals surface area (Å²) in [5, 5.41) is 22.3. The van der Waals surface area contributed by atoms with E-state index in [4.69, 9.17) is 4.74 Å². The molecule has 5 aliphatic rings. The second-order valence-corrected chi connectivity index (χ2v) is 13.2. The number of aromatic hydroxyl groups is 1. The number of carbonyl (C=O) groups is 2. The van der Waals surface area contributed by atoms with Crippen LogP contribution in [-0.4, -0.2) is 22.7 Å². The third-order valence-corrected chi connectivity index (χ3v) is 11.9. The highest BCUT2D eigenvalue weighted by molar-refractivity contribution is 5.79. The van der Waals surface area contributed by atoms with Gasteiger partial charge in [0.2, 0.25) is 0 Å². The van der Waals surface area contributed by atoms with Crippen LogP contribution in [0.25, 0.3) is 12.7 Å². The van der Waals surface area contributed by atoms with Gasteiger partial charge in [-0.2, -0.15) is 0 Å². The van der Waals surface area contributed by atoms with Gasteiger partial charge in [0, 0.05) is 10.6 Å². The minimum absolute atomic E-state index is 0.00258. The zero-order valence-corrected chi connectivity index (χ0v) is 21.2. The van der Waals surface area contributed by atoms with E-state index >= 15 is 0 Å². The SMILES string of the molecule is C=c1c(OC=O)c(O)cc2c1=CC=C1C2(C)CCC2(C)C3CC4(C(=O)O)CC4CC3(C)CCC12C. The molecule has 0 aromatic heterocycles. The number of rotatable bonds is 3. The molecule has 0 heterocycles. The Morgan fingerprint density at radius 1 is 1.09 bits per heavy atom. The molecule has 1 aromatic rings. The predicted molar refractivity (Wildman–Crippen MR) is 133 cm³/mol. The van der Waals surface area contributed by atoms with Crippen molar-refractivity contribution in [2.24, 2.45) is 33.5 Å². The molecule has 0 amide bonds. The van der Waals surface area contributed by atoms with Gasteiger partial charge < -0.3 is 14.9 Å². The van der Waals surface area contributed by atoms with E-state index in [1.807, 2.05) is 0 Å². The number of hydrogen-bond acceptors (Lipinski definition) is 4. The van der Waals surface area contributed by atoms with Crippen LogP contribution in [0.5, 0.6) is 11.5 Å². The maximum absolute atomic E-state index is 12.3. The molecule has 186 valence electrons. The summed E-state index contributed by atoms with van der Waals surface area (Å²) in [5.41, 5.74) is 1.78. The number of phenolic OH excluding ortho intramolecular Hbond substituents is 1. The molecule has 4 fully saturated rings. The Morgan fingerprint density at radius 3 is 2.51 bits per heavy atom. The Labute approximate surface area is 206 Å². The van der Waals surface area contributed by atoms with Crippen molar-refractivity contribution < 1.29 is 24.5 Å². The maximum atomic E-state index is 12.3. The van der Waals surface area contributed by atoms with Crippen molar-refractivity contribution in [1.82, 2.24) is 0 Å². The van der Waals surface area contributed by atoms with Crippen LogP contribution in [0.2, 0.25) is 0 Å². The van der Waals surface area contributed by atoms with Crippen LogP contribution < -0.4 is 15.2 Å². The summed E-state index contributed by atoms with van der Waals surface area (Å²) in [5.74, 6) is 0.193. The predicted octanol–water partition coefficient (Wildman–Crippen LogP) is 4.42. The normalized spacial score (nSPS) is 44.7. The van der Waals surface area contributed by atoms with Crippen LogP contribution >= 0.6 is 0 Å². The molecule has 5 aliphatic carbocycles. The van der Waals surface area contributed by atoms with E-state index in [2.05, 4.69) is 46.4 Å². The van der Waals surface area contributed by atoms with E-state index in [9.17, 15) is 19.8 Å². The smallest absolute Gasteiger partial charge is 0.309 e. The fourth-order valence-corrected chi connectivity index (χ4v) is 9.55. The molecule has 5 nitrogen and oxygen atoms in total. The van der Waals surface area contributed by atoms with E-state index in [1.165, 1.54) is 5.57 Å². The number of carboxylic acids is 1. The average molecular weight is 477 g/mol. The Hall–Kier alpha value is -2.56. The highest BCUT2D eigenvalue weighted by Crippen LogP contribution is 2.78. The van der Waals surface area contributed by atoms with Gasteiger partial charge in [0.25, 0.3) is 6.47 Å². The van der Waals surface area contributed by atoms with Gasteiger partial charge in [-0.05, 0) is 89.9 Å². The lowest BCUT2D eigenvalue weighted by atomic mass is 9.35. The van der Waals surface area contributed by atoms with E-state index in [0.29, 0.717) is 23.5 Å². The fraction of sp³-hybridized carbons (Fsp3) is 0.600. The number of ether oxygens (including phenoxy) is 1. The third-order valence-electron chi connectivity index (χ3n) is 11.9. The number of aliphatic carboxylic acids is 1. The van der Waals surface area contributed by atoms with Crippen LogP contribution in [0, 0.1) is 33.5 Å². The standard InChI is InChI=1S/C30H36O5/c1-17-19-6-7-22-27(3,20(19)12-21(32)24(17)35-16-31)9-11-29(5)23-15-30(25(33)34)14-18(30)13-26(23,2)8-10-28(22,29)4/h6-7,12,16,18,23,32H,1,8-11,13-15H2,2-5H3,(H,33,34). The number of allylic oxidation sites excluding steroid dienone is 2. The Balaban J connectivity index is 1.49. The van der Waals surface area contributed by atoms with Gasteiger partial charge in [0.15, 0.2) is 11.5 Å². The molecule has 6 rings (SSSR count). The first-order valence-corrected chi connectivity index (χ1v) is 13.0. The fourth-order valence-electron chi connectivity index (χ4n) is 9.55. The van der Waals surface area contributed by atoms with Gasteiger partial charge >= 0.3 is 5.97 Å². The molecule has 35 heavy (non-hydrogen) atoms. The number of benzene rings is 1. The Morgan fingerprint density at radius 2 is 1.83 bits per heavy atom. The molecule has 4 saturated carbocycles. The summed E-state index contributed by atoms with van der Waals surface area (Å²) in [6, 6.07) is 1.76. The van der Waals surface area contributed by atoms with Crippen LogP contribution in [0.1, 0.15) is 78.2 Å². The minimum Gasteiger partial charge on any atom is -0.504 e. The monoisotopic (exact) mass is 476 g/mol. The zero-order chi connectivity index (χ0) is 25.2. The second kappa shape index (κ2) is 6.60. The van der Waals surface area contributed by atoms with Crippen molar-refractivity contribution in [2.45, 2.75) is 78.1 Å². The van der Waals surface area contributed by atoms with Crippen molar-refractivity contribution in [3.05, 3.63) is 33.7 Å². The first kappa shape index (κ1) is 22.9. The molecule has 0 saturated heterocycles. The first-order valence-electron chi connectivity index (χ1n) is 13.0. The minimum atomic E-state index is -0.591. The van der Waals surface area contributed by atoms with E-state index in [-0.39, 0.29) is 33.2 Å². The molecule has 0 aliphatic heterocycles. The zero-order valence-electron chi connectivity index (χ0n) is 21.2. The molecule has 7 unspecified atom stereocenters. The van der Waals surface area contributed by atoms with Crippen molar-refractivity contribution in [3.8, 4) is 11.5 Å². The summed E-state index contributed by atoms with van der Waals surface area (Å²) in [4.78, 5) is 23.3. The highest BCUT2D eigenvalue weighted by atomic mass is 16.5. The Bertz CT molecular complexity index is 1330. The van der Waals surface area contributed by atoms with Crippen molar-refractivity contribution >= 4 is 25.1 Å². The number of hydrogen-bond donors (Lipinski definition) is 2. The van der Waals surface area contributed by atoms with Gasteiger partial charge in [-0.15, -0.1) is 0 Å². The number of phenols is 1. The number of carboxylic acid groups (broad SMARTS) is 1. The highest BCUT2D eigenvalue weighted by Gasteiger charge is 2.73. The van der Waals surface area contributed by atoms with Gasteiger partial charge in [0.05, 0.1) is 5.41 Å². The molecule has 0 spiro atoms. The molecular formula is C30H36O5. The topological polar surface area (TPSA) is 83.8 Å². The largest absolute Gasteiger partial charge is 0.504 e. The number of carbonyl (C=O) groups excluding carboxylic acids is 1. The van der Waals surface area contributed by atoms with Crippen molar-refractivity contribution in [3.63, 3.8) is 0 Å². The average Bonchev–Trinajstić information content (AvgIpc) is 3.52. The van der Waals surface area contributed by atoms with Gasteiger partial charge in [0.1, 0.15) is 0 Å². The summed E-state index contributed by atoms with van der Waals surface area (Å²) < 4.78 is 5.06.